The summed E-state index contributed by atoms with van der Waals surface area (Å²) in [6, 6.07) is 1.69. The van der Waals surface area contributed by atoms with Crippen LogP contribution in [0, 0.1) is 6.92 Å². The fourth-order valence-electron chi connectivity index (χ4n) is 1.25. The van der Waals surface area contributed by atoms with Crippen molar-refractivity contribution in [3.8, 4) is 0 Å². The van der Waals surface area contributed by atoms with Gasteiger partial charge in [-0.15, -0.1) is 0 Å². The summed E-state index contributed by atoms with van der Waals surface area (Å²) in [4.78, 5) is 10.3. The molecule has 0 unspecified atom stereocenters. The van der Waals surface area contributed by atoms with E-state index >= 15 is 0 Å². The third-order valence-electron chi connectivity index (χ3n) is 2.23. The molecule has 0 aliphatic carbocycles. The van der Waals surface area contributed by atoms with E-state index in [-0.39, 0.29) is 10.7 Å². The van der Waals surface area contributed by atoms with Crippen LogP contribution in [0.25, 0.3) is 0 Å². The summed E-state index contributed by atoms with van der Waals surface area (Å²) in [5.74, 6) is 0.463. The van der Waals surface area contributed by atoms with Crippen molar-refractivity contribution in [1.29, 1.82) is 0 Å². The molecule has 0 aliphatic heterocycles. The topological polar surface area (TPSA) is 89.2 Å². The maximum absolute atomic E-state index is 11.1. The molecule has 8 heteroatoms. The molecular weight excluding hydrogens is 272 g/mol. The van der Waals surface area contributed by atoms with Gasteiger partial charge in [0.2, 0.25) is 5.95 Å². The van der Waals surface area contributed by atoms with Crippen molar-refractivity contribution in [3.05, 3.63) is 17.5 Å². The smallest absolute Gasteiger partial charge is 0.225 e. The van der Waals surface area contributed by atoms with Crippen LogP contribution in [0.1, 0.15) is 11.4 Å². The standard InChI is InChI=1S/C10H16N4O2S2/c1-7-6-8(9(11)17)13-10(12-7)14(2)4-5-18(3,15)16/h6H,4-5H2,1-3H3,(H2,11,17). The summed E-state index contributed by atoms with van der Waals surface area (Å²) < 4.78 is 22.2. The van der Waals surface area contributed by atoms with Crippen molar-refractivity contribution < 1.29 is 8.42 Å². The zero-order valence-corrected chi connectivity index (χ0v) is 12.2. The quantitative estimate of drug-likeness (QED) is 0.757. The Labute approximate surface area is 112 Å². The SMILES string of the molecule is Cc1cc(C(N)=S)nc(N(C)CCS(C)(=O)=O)n1. The minimum Gasteiger partial charge on any atom is -0.388 e. The number of aromatic nitrogens is 2. The number of sulfone groups is 1. The van der Waals surface area contributed by atoms with Gasteiger partial charge in [0.05, 0.1) is 5.75 Å². The molecule has 0 radical (unpaired) electrons. The van der Waals surface area contributed by atoms with Gasteiger partial charge in [-0.3, -0.25) is 0 Å². The van der Waals surface area contributed by atoms with Crippen LogP contribution in [-0.4, -0.2) is 49.0 Å². The summed E-state index contributed by atoms with van der Waals surface area (Å²) in [6.45, 7) is 2.12. The van der Waals surface area contributed by atoms with Crippen LogP contribution in [0.15, 0.2) is 6.07 Å². The van der Waals surface area contributed by atoms with Crippen LogP contribution >= 0.6 is 12.2 Å². The molecule has 0 atom stereocenters. The van der Waals surface area contributed by atoms with Gasteiger partial charge in [0, 0.05) is 25.5 Å². The van der Waals surface area contributed by atoms with Gasteiger partial charge in [-0.1, -0.05) is 12.2 Å². The Hall–Kier alpha value is -1.28. The van der Waals surface area contributed by atoms with E-state index in [0.29, 0.717) is 18.2 Å². The van der Waals surface area contributed by atoms with Crippen molar-refractivity contribution in [2.24, 2.45) is 5.73 Å². The predicted molar refractivity (Wildman–Crippen MR) is 75.6 cm³/mol. The van der Waals surface area contributed by atoms with E-state index in [4.69, 9.17) is 18.0 Å². The lowest BCUT2D eigenvalue weighted by atomic mass is 10.3. The Bertz CT molecular complexity index is 557. The fraction of sp³-hybridized carbons (Fsp3) is 0.500. The van der Waals surface area contributed by atoms with Crippen molar-refractivity contribution in [2.75, 3.05) is 30.5 Å². The molecule has 0 saturated carbocycles. The van der Waals surface area contributed by atoms with Crippen LogP contribution in [0.2, 0.25) is 0 Å². The second kappa shape index (κ2) is 5.57. The molecule has 0 fully saturated rings. The first-order valence-electron chi connectivity index (χ1n) is 5.23. The lowest BCUT2D eigenvalue weighted by molar-refractivity contribution is 0.601. The molecule has 0 spiro atoms. The van der Waals surface area contributed by atoms with Crippen LogP contribution in [0.5, 0.6) is 0 Å². The fourth-order valence-corrected chi connectivity index (χ4v) is 1.96. The Morgan fingerprint density at radius 2 is 2.11 bits per heavy atom. The van der Waals surface area contributed by atoms with Crippen LogP contribution < -0.4 is 10.6 Å². The Kier molecular flexibility index (Phi) is 4.58. The predicted octanol–water partition coefficient (Wildman–Crippen LogP) is -0.1000. The molecule has 1 heterocycles. The van der Waals surface area contributed by atoms with Crippen molar-refractivity contribution >= 4 is 33.0 Å². The third-order valence-corrected chi connectivity index (χ3v) is 3.37. The monoisotopic (exact) mass is 288 g/mol. The second-order valence-electron chi connectivity index (χ2n) is 4.11. The van der Waals surface area contributed by atoms with Crippen LogP contribution in [0.4, 0.5) is 5.95 Å². The van der Waals surface area contributed by atoms with E-state index < -0.39 is 9.84 Å². The molecule has 2 N–H and O–H groups in total. The van der Waals surface area contributed by atoms with Crippen molar-refractivity contribution in [1.82, 2.24) is 9.97 Å². The summed E-state index contributed by atoms with van der Waals surface area (Å²) in [7, 11) is -1.29. The largest absolute Gasteiger partial charge is 0.388 e. The molecule has 1 aromatic heterocycles. The van der Waals surface area contributed by atoms with E-state index in [2.05, 4.69) is 9.97 Å². The first-order valence-corrected chi connectivity index (χ1v) is 7.70. The highest BCUT2D eigenvalue weighted by atomic mass is 32.2. The van der Waals surface area contributed by atoms with Crippen LogP contribution in [0.3, 0.4) is 0 Å². The average Bonchev–Trinajstić information content (AvgIpc) is 2.23. The molecule has 0 aromatic carbocycles. The number of rotatable bonds is 5. The maximum atomic E-state index is 11.1. The van der Waals surface area contributed by atoms with Gasteiger partial charge >= 0.3 is 0 Å². The van der Waals surface area contributed by atoms with E-state index in [1.807, 2.05) is 0 Å². The molecule has 1 aromatic rings. The Morgan fingerprint density at radius 3 is 2.61 bits per heavy atom. The van der Waals surface area contributed by atoms with Gasteiger partial charge in [0.15, 0.2) is 0 Å². The minimum absolute atomic E-state index is 0.0448. The van der Waals surface area contributed by atoms with Gasteiger partial charge in [0.25, 0.3) is 0 Å². The van der Waals surface area contributed by atoms with E-state index in [9.17, 15) is 8.42 Å². The normalized spacial score (nSPS) is 11.3. The third kappa shape index (κ3) is 4.53. The molecule has 0 saturated heterocycles. The number of aryl methyl sites for hydroxylation is 1. The number of hydrogen-bond acceptors (Lipinski definition) is 6. The van der Waals surface area contributed by atoms with Crippen LogP contribution in [-0.2, 0) is 9.84 Å². The Morgan fingerprint density at radius 1 is 1.50 bits per heavy atom. The summed E-state index contributed by atoms with van der Waals surface area (Å²) in [5.41, 5.74) is 6.74. The lowest BCUT2D eigenvalue weighted by Gasteiger charge is -2.17. The number of hydrogen-bond donors (Lipinski definition) is 1. The first-order chi connectivity index (χ1) is 8.19. The highest BCUT2D eigenvalue weighted by Gasteiger charge is 2.11. The molecule has 0 amide bonds. The molecule has 6 nitrogen and oxygen atoms in total. The molecular formula is C10H16N4O2S2. The van der Waals surface area contributed by atoms with E-state index in [1.54, 1.807) is 24.9 Å². The maximum Gasteiger partial charge on any atom is 0.225 e. The number of anilines is 1. The molecule has 0 bridgehead atoms. The van der Waals surface area contributed by atoms with Gasteiger partial charge in [0.1, 0.15) is 20.5 Å². The van der Waals surface area contributed by atoms with E-state index in [0.717, 1.165) is 5.69 Å². The van der Waals surface area contributed by atoms with Gasteiger partial charge in [-0.05, 0) is 13.0 Å². The number of thiocarbonyl (C=S) groups is 1. The molecule has 100 valence electrons. The van der Waals surface area contributed by atoms with Crippen molar-refractivity contribution in [2.45, 2.75) is 6.92 Å². The molecule has 1 rings (SSSR count). The summed E-state index contributed by atoms with van der Waals surface area (Å²) in [6.07, 6.45) is 1.19. The number of nitrogens with two attached hydrogens (primary N) is 1. The molecule has 0 aliphatic rings. The summed E-state index contributed by atoms with van der Waals surface area (Å²) >= 11 is 4.86. The van der Waals surface area contributed by atoms with E-state index in [1.165, 1.54) is 6.26 Å². The number of nitrogens with zero attached hydrogens (tertiary/aromatic N) is 3. The zero-order chi connectivity index (χ0) is 13.9. The Balaban J connectivity index is 2.92. The lowest BCUT2D eigenvalue weighted by Crippen LogP contribution is -2.27. The highest BCUT2D eigenvalue weighted by Crippen LogP contribution is 2.09. The zero-order valence-electron chi connectivity index (χ0n) is 10.5. The second-order valence-corrected chi connectivity index (χ2v) is 6.81. The van der Waals surface area contributed by atoms with Crippen molar-refractivity contribution in [3.63, 3.8) is 0 Å². The average molecular weight is 288 g/mol. The minimum atomic E-state index is -3.01. The van der Waals surface area contributed by atoms with Gasteiger partial charge in [-0.2, -0.15) is 0 Å². The summed E-state index contributed by atoms with van der Waals surface area (Å²) in [5, 5.41) is 0. The first kappa shape index (κ1) is 14.8. The molecule has 18 heavy (non-hydrogen) atoms. The highest BCUT2D eigenvalue weighted by molar-refractivity contribution is 7.90. The van der Waals surface area contributed by atoms with Gasteiger partial charge < -0.3 is 10.6 Å². The van der Waals surface area contributed by atoms with Gasteiger partial charge in [-0.25, -0.2) is 18.4 Å².